The van der Waals surface area contributed by atoms with Gasteiger partial charge in [-0.15, -0.1) is 0 Å². The average molecular weight is 325 g/mol. The van der Waals surface area contributed by atoms with E-state index in [1.807, 2.05) is 0 Å². The first-order chi connectivity index (χ1) is 11.6. The molecule has 0 aliphatic carbocycles. The molecule has 0 bridgehead atoms. The highest BCUT2D eigenvalue weighted by Gasteiger charge is 2.30. The minimum Gasteiger partial charge on any atom is -0.497 e. The van der Waals surface area contributed by atoms with Gasteiger partial charge >= 0.3 is 6.03 Å². The predicted molar refractivity (Wildman–Crippen MR) is 86.8 cm³/mol. The van der Waals surface area contributed by atoms with Crippen LogP contribution in [0, 0.1) is 0 Å². The number of amides is 4. The molecule has 4 amide bonds. The van der Waals surface area contributed by atoms with Crippen molar-refractivity contribution in [3.8, 4) is 5.75 Å². The van der Waals surface area contributed by atoms with E-state index in [0.717, 1.165) is 0 Å². The van der Waals surface area contributed by atoms with Gasteiger partial charge in [0.1, 0.15) is 11.8 Å². The van der Waals surface area contributed by atoms with Crippen molar-refractivity contribution in [1.82, 2.24) is 10.6 Å². The van der Waals surface area contributed by atoms with Gasteiger partial charge in [0.2, 0.25) is 0 Å². The first-order valence-electron chi connectivity index (χ1n) is 7.23. The highest BCUT2D eigenvalue weighted by molar-refractivity contribution is 6.06. The van der Waals surface area contributed by atoms with Crippen LogP contribution in [0.15, 0.2) is 48.5 Å². The Morgan fingerprint density at radius 3 is 2.62 bits per heavy atom. The second-order valence-corrected chi connectivity index (χ2v) is 5.21. The SMILES string of the molecule is COc1cccc(C(=O)Nc2cccc(C3NC(=O)NC3=O)c2)c1. The Kier molecular flexibility index (Phi) is 4.15. The third-order valence-corrected chi connectivity index (χ3v) is 3.58. The summed E-state index contributed by atoms with van der Waals surface area (Å²) in [5, 5.41) is 7.45. The van der Waals surface area contributed by atoms with E-state index in [0.29, 0.717) is 22.6 Å². The summed E-state index contributed by atoms with van der Waals surface area (Å²) in [4.78, 5) is 35.3. The maximum atomic E-state index is 12.3. The molecule has 1 atom stereocenters. The summed E-state index contributed by atoms with van der Waals surface area (Å²) in [5.41, 5.74) is 1.56. The molecule has 0 spiro atoms. The van der Waals surface area contributed by atoms with E-state index in [-0.39, 0.29) is 5.91 Å². The number of hydrogen-bond acceptors (Lipinski definition) is 4. The van der Waals surface area contributed by atoms with Crippen LogP contribution in [-0.4, -0.2) is 25.0 Å². The Morgan fingerprint density at radius 2 is 1.92 bits per heavy atom. The molecule has 0 radical (unpaired) electrons. The van der Waals surface area contributed by atoms with Crippen molar-refractivity contribution in [2.75, 3.05) is 12.4 Å². The molecular weight excluding hydrogens is 310 g/mol. The Bertz CT molecular complexity index is 819. The van der Waals surface area contributed by atoms with Gasteiger partial charge in [-0.3, -0.25) is 14.9 Å². The molecule has 3 N–H and O–H groups in total. The first kappa shape index (κ1) is 15.5. The minimum absolute atomic E-state index is 0.300. The number of nitrogens with one attached hydrogen (secondary N) is 3. The van der Waals surface area contributed by atoms with Gasteiger partial charge in [-0.1, -0.05) is 18.2 Å². The van der Waals surface area contributed by atoms with E-state index in [1.54, 1.807) is 48.5 Å². The summed E-state index contributed by atoms with van der Waals surface area (Å²) in [6.07, 6.45) is 0. The van der Waals surface area contributed by atoms with Gasteiger partial charge in [-0.05, 0) is 35.9 Å². The number of anilines is 1. The van der Waals surface area contributed by atoms with E-state index in [2.05, 4.69) is 16.0 Å². The van der Waals surface area contributed by atoms with Crippen molar-refractivity contribution in [3.05, 3.63) is 59.7 Å². The molecule has 1 saturated heterocycles. The lowest BCUT2D eigenvalue weighted by molar-refractivity contribution is -0.120. The summed E-state index contributed by atoms with van der Waals surface area (Å²) in [6, 6.07) is 12.2. The smallest absolute Gasteiger partial charge is 0.322 e. The minimum atomic E-state index is -0.758. The van der Waals surface area contributed by atoms with Crippen LogP contribution in [0.1, 0.15) is 22.0 Å². The third-order valence-electron chi connectivity index (χ3n) is 3.58. The number of carbonyl (C=O) groups is 3. The molecule has 1 aliphatic heterocycles. The molecule has 1 fully saturated rings. The number of imide groups is 1. The van der Waals surface area contributed by atoms with Crippen LogP contribution in [-0.2, 0) is 4.79 Å². The second kappa shape index (κ2) is 6.41. The van der Waals surface area contributed by atoms with Gasteiger partial charge in [0.05, 0.1) is 7.11 Å². The number of carbonyl (C=O) groups excluding carboxylic acids is 3. The Labute approximate surface area is 138 Å². The number of rotatable bonds is 4. The lowest BCUT2D eigenvalue weighted by Gasteiger charge is -2.11. The largest absolute Gasteiger partial charge is 0.497 e. The van der Waals surface area contributed by atoms with Crippen LogP contribution in [0.5, 0.6) is 5.75 Å². The van der Waals surface area contributed by atoms with E-state index in [4.69, 9.17) is 4.74 Å². The molecule has 7 nitrogen and oxygen atoms in total. The second-order valence-electron chi connectivity index (χ2n) is 5.21. The van der Waals surface area contributed by atoms with Crippen molar-refractivity contribution in [1.29, 1.82) is 0 Å². The molecule has 122 valence electrons. The van der Waals surface area contributed by atoms with E-state index < -0.39 is 18.0 Å². The zero-order valence-corrected chi connectivity index (χ0v) is 12.8. The highest BCUT2D eigenvalue weighted by Crippen LogP contribution is 2.21. The molecular formula is C17H15N3O4. The van der Waals surface area contributed by atoms with Gasteiger partial charge in [-0.25, -0.2) is 4.79 Å². The van der Waals surface area contributed by atoms with Crippen molar-refractivity contribution in [2.24, 2.45) is 0 Å². The zero-order chi connectivity index (χ0) is 17.1. The maximum Gasteiger partial charge on any atom is 0.322 e. The molecule has 0 saturated carbocycles. The highest BCUT2D eigenvalue weighted by atomic mass is 16.5. The summed E-state index contributed by atoms with van der Waals surface area (Å²) < 4.78 is 5.10. The number of urea groups is 1. The Morgan fingerprint density at radius 1 is 1.12 bits per heavy atom. The molecule has 2 aromatic rings. The standard InChI is InChI=1S/C17H15N3O4/c1-24-13-7-3-5-11(9-13)15(21)18-12-6-2-4-10(8-12)14-16(22)20-17(23)19-14/h2-9,14H,1H3,(H,18,21)(H2,19,20,22,23). The summed E-state index contributed by atoms with van der Waals surface area (Å²) in [6.45, 7) is 0. The van der Waals surface area contributed by atoms with Crippen LogP contribution in [0.25, 0.3) is 0 Å². The molecule has 2 aromatic carbocycles. The molecule has 1 aliphatic rings. The van der Waals surface area contributed by atoms with Gasteiger partial charge < -0.3 is 15.4 Å². The average Bonchev–Trinajstić information content (AvgIpc) is 2.93. The molecule has 3 rings (SSSR count). The molecule has 1 unspecified atom stereocenters. The van der Waals surface area contributed by atoms with Crippen LogP contribution >= 0.6 is 0 Å². The maximum absolute atomic E-state index is 12.3. The summed E-state index contributed by atoms with van der Waals surface area (Å²) >= 11 is 0. The zero-order valence-electron chi connectivity index (χ0n) is 12.8. The van der Waals surface area contributed by atoms with Crippen LogP contribution < -0.4 is 20.7 Å². The van der Waals surface area contributed by atoms with Crippen molar-refractivity contribution >= 4 is 23.5 Å². The lowest BCUT2D eigenvalue weighted by atomic mass is 10.1. The lowest BCUT2D eigenvalue weighted by Crippen LogP contribution is -2.22. The fourth-order valence-corrected chi connectivity index (χ4v) is 2.42. The van der Waals surface area contributed by atoms with E-state index in [9.17, 15) is 14.4 Å². The molecule has 0 aromatic heterocycles. The summed E-state index contributed by atoms with van der Waals surface area (Å²) in [5.74, 6) is -0.135. The van der Waals surface area contributed by atoms with Crippen LogP contribution in [0.4, 0.5) is 10.5 Å². The van der Waals surface area contributed by atoms with E-state index >= 15 is 0 Å². The fraction of sp³-hybridized carbons (Fsp3) is 0.118. The number of hydrogen-bond donors (Lipinski definition) is 3. The Balaban J connectivity index is 1.78. The van der Waals surface area contributed by atoms with Gasteiger partial charge in [0.25, 0.3) is 11.8 Å². The van der Waals surface area contributed by atoms with E-state index in [1.165, 1.54) is 7.11 Å². The fourth-order valence-electron chi connectivity index (χ4n) is 2.42. The Hall–Kier alpha value is -3.35. The van der Waals surface area contributed by atoms with Crippen molar-refractivity contribution in [3.63, 3.8) is 0 Å². The molecule has 7 heteroatoms. The number of methoxy groups -OCH3 is 1. The molecule has 24 heavy (non-hydrogen) atoms. The monoisotopic (exact) mass is 325 g/mol. The van der Waals surface area contributed by atoms with Crippen molar-refractivity contribution in [2.45, 2.75) is 6.04 Å². The predicted octanol–water partition coefficient (Wildman–Crippen LogP) is 1.83. The quantitative estimate of drug-likeness (QED) is 0.747. The number of ether oxygens (including phenoxy) is 1. The van der Waals surface area contributed by atoms with Gasteiger partial charge in [-0.2, -0.15) is 0 Å². The third kappa shape index (κ3) is 3.19. The summed E-state index contributed by atoms with van der Waals surface area (Å²) in [7, 11) is 1.53. The van der Waals surface area contributed by atoms with Crippen LogP contribution in [0.2, 0.25) is 0 Å². The topological polar surface area (TPSA) is 96.5 Å². The van der Waals surface area contributed by atoms with Gasteiger partial charge in [0, 0.05) is 11.3 Å². The number of benzene rings is 2. The van der Waals surface area contributed by atoms with Crippen molar-refractivity contribution < 1.29 is 19.1 Å². The van der Waals surface area contributed by atoms with Gasteiger partial charge in [0.15, 0.2) is 0 Å². The van der Waals surface area contributed by atoms with Crippen LogP contribution in [0.3, 0.4) is 0 Å². The first-order valence-corrected chi connectivity index (χ1v) is 7.23. The molecule has 1 heterocycles. The normalized spacial score (nSPS) is 16.3.